The Morgan fingerprint density at radius 2 is 1.00 bits per heavy atom. The SMILES string of the molecule is CC/C=C\C/C=C\C/C=C\C/C=C\C/C=C\CC(CC(=O)NC(CO)C(O)CCCCCCCCCCC)OC(=O)CCCCC/C=C\CCCCCCCC. The van der Waals surface area contributed by atoms with Gasteiger partial charge in [0.2, 0.25) is 5.91 Å². The summed E-state index contributed by atoms with van der Waals surface area (Å²) in [6, 6.07) is -0.735. The van der Waals surface area contributed by atoms with Gasteiger partial charge in [0.05, 0.1) is 25.2 Å². The highest BCUT2D eigenvalue weighted by Crippen LogP contribution is 2.15. The standard InChI is InChI=1S/C50H87NO5/c1-4-7-10-13-16-19-21-23-24-26-27-30-32-35-38-41-46(56-50(55)43-40-37-34-31-28-25-22-20-17-14-11-8-5-2)44-49(54)51-47(45-52)48(53)42-39-36-33-29-18-15-12-9-6-3/h7,10,16,19,23-25,27-28,30,35,38,46-48,52-53H,4-6,8-9,11-15,17-18,20-22,26,29,31-34,36-37,39-45H2,1-3H3,(H,51,54)/b10-7-,19-16-,24-23-,28-25-,30-27-,38-35-. The van der Waals surface area contributed by atoms with E-state index in [2.05, 4.69) is 86.8 Å². The maximum atomic E-state index is 13.1. The molecule has 0 fully saturated rings. The maximum absolute atomic E-state index is 13.1. The molecule has 0 aliphatic heterocycles. The van der Waals surface area contributed by atoms with Crippen LogP contribution in [0.5, 0.6) is 0 Å². The fourth-order valence-corrected chi connectivity index (χ4v) is 6.50. The van der Waals surface area contributed by atoms with Crippen LogP contribution in [0.25, 0.3) is 0 Å². The number of carbonyl (C=O) groups excluding carboxylic acids is 2. The summed E-state index contributed by atoms with van der Waals surface area (Å²) in [7, 11) is 0. The lowest BCUT2D eigenvalue weighted by Crippen LogP contribution is -2.46. The van der Waals surface area contributed by atoms with Crippen LogP contribution in [0, 0.1) is 0 Å². The average molecular weight is 782 g/mol. The number of amides is 1. The second kappa shape index (κ2) is 43.4. The van der Waals surface area contributed by atoms with Gasteiger partial charge in [-0.1, -0.05) is 190 Å². The van der Waals surface area contributed by atoms with E-state index in [1.165, 1.54) is 77.0 Å². The predicted octanol–water partition coefficient (Wildman–Crippen LogP) is 13.4. The molecule has 0 spiro atoms. The Balaban J connectivity index is 4.80. The highest BCUT2D eigenvalue weighted by Gasteiger charge is 2.23. The molecule has 3 unspecified atom stereocenters. The van der Waals surface area contributed by atoms with Crippen LogP contribution in [0.4, 0.5) is 0 Å². The minimum atomic E-state index is -0.814. The Hall–Kier alpha value is -2.70. The van der Waals surface area contributed by atoms with Crippen LogP contribution < -0.4 is 5.32 Å². The molecule has 1 amide bonds. The second-order valence-corrected chi connectivity index (χ2v) is 15.4. The Labute approximate surface area is 345 Å². The first-order chi connectivity index (χ1) is 27.5. The summed E-state index contributed by atoms with van der Waals surface area (Å²) in [6.07, 6.45) is 54.1. The number of nitrogens with one attached hydrogen (secondary N) is 1. The molecule has 0 rings (SSSR count). The number of aliphatic hydroxyl groups excluding tert-OH is 2. The first-order valence-electron chi connectivity index (χ1n) is 23.2. The molecule has 0 heterocycles. The number of allylic oxidation sites excluding steroid dienone is 11. The van der Waals surface area contributed by atoms with Crippen LogP contribution in [0.2, 0.25) is 0 Å². The van der Waals surface area contributed by atoms with Gasteiger partial charge in [0.15, 0.2) is 0 Å². The van der Waals surface area contributed by atoms with Crippen molar-refractivity contribution in [3.8, 4) is 0 Å². The molecular formula is C50H87NO5. The first kappa shape index (κ1) is 53.3. The summed E-state index contributed by atoms with van der Waals surface area (Å²) in [6.45, 7) is 6.29. The zero-order chi connectivity index (χ0) is 41.0. The van der Waals surface area contributed by atoms with Gasteiger partial charge in [0.25, 0.3) is 0 Å². The summed E-state index contributed by atoms with van der Waals surface area (Å²) >= 11 is 0. The average Bonchev–Trinajstić information content (AvgIpc) is 3.19. The summed E-state index contributed by atoms with van der Waals surface area (Å²) in [5.41, 5.74) is 0. The van der Waals surface area contributed by atoms with Crippen LogP contribution in [0.1, 0.15) is 207 Å². The van der Waals surface area contributed by atoms with Crippen LogP contribution in [-0.2, 0) is 14.3 Å². The molecule has 0 saturated heterocycles. The molecule has 6 nitrogen and oxygen atoms in total. The van der Waals surface area contributed by atoms with Gasteiger partial charge in [-0.2, -0.15) is 0 Å². The van der Waals surface area contributed by atoms with Gasteiger partial charge in [-0.25, -0.2) is 0 Å². The Morgan fingerprint density at radius 3 is 1.50 bits per heavy atom. The quantitative estimate of drug-likeness (QED) is 0.0327. The van der Waals surface area contributed by atoms with E-state index in [0.717, 1.165) is 83.5 Å². The molecule has 0 aliphatic rings. The molecule has 0 radical (unpaired) electrons. The lowest BCUT2D eigenvalue weighted by molar-refractivity contribution is -0.150. The topological polar surface area (TPSA) is 95.9 Å². The molecular weight excluding hydrogens is 695 g/mol. The van der Waals surface area contributed by atoms with Crippen molar-refractivity contribution in [2.75, 3.05) is 6.61 Å². The largest absolute Gasteiger partial charge is 0.461 e. The monoisotopic (exact) mass is 782 g/mol. The van der Waals surface area contributed by atoms with Gasteiger partial charge in [0, 0.05) is 12.8 Å². The smallest absolute Gasteiger partial charge is 0.306 e. The number of aliphatic hydroxyl groups is 2. The molecule has 0 saturated carbocycles. The number of carbonyl (C=O) groups is 2. The Morgan fingerprint density at radius 1 is 0.554 bits per heavy atom. The van der Waals surface area contributed by atoms with Gasteiger partial charge < -0.3 is 20.3 Å². The zero-order valence-corrected chi connectivity index (χ0v) is 36.5. The molecule has 6 heteroatoms. The lowest BCUT2D eigenvalue weighted by Gasteiger charge is -2.24. The number of esters is 1. The van der Waals surface area contributed by atoms with Gasteiger partial charge in [-0.3, -0.25) is 9.59 Å². The molecule has 3 N–H and O–H groups in total. The fraction of sp³-hybridized carbons (Fsp3) is 0.720. The van der Waals surface area contributed by atoms with Crippen LogP contribution >= 0.6 is 0 Å². The van der Waals surface area contributed by atoms with E-state index in [4.69, 9.17) is 4.74 Å². The van der Waals surface area contributed by atoms with E-state index in [1.54, 1.807) is 0 Å². The van der Waals surface area contributed by atoms with Crippen molar-refractivity contribution in [1.82, 2.24) is 5.32 Å². The summed E-state index contributed by atoms with van der Waals surface area (Å²) in [4.78, 5) is 25.9. The summed E-state index contributed by atoms with van der Waals surface area (Å²) in [5.74, 6) is -0.606. The normalized spacial score (nSPS) is 14.0. The second-order valence-electron chi connectivity index (χ2n) is 15.4. The van der Waals surface area contributed by atoms with E-state index < -0.39 is 18.2 Å². The fourth-order valence-electron chi connectivity index (χ4n) is 6.50. The van der Waals surface area contributed by atoms with Gasteiger partial charge in [-0.05, 0) is 70.6 Å². The summed E-state index contributed by atoms with van der Waals surface area (Å²) in [5, 5.41) is 23.5. The lowest BCUT2D eigenvalue weighted by atomic mass is 10.0. The molecule has 0 aromatic rings. The summed E-state index contributed by atoms with van der Waals surface area (Å²) < 4.78 is 5.83. The van der Waals surface area contributed by atoms with Crippen molar-refractivity contribution in [2.45, 2.75) is 225 Å². The molecule has 3 atom stereocenters. The van der Waals surface area contributed by atoms with E-state index >= 15 is 0 Å². The molecule has 0 bridgehead atoms. The zero-order valence-electron chi connectivity index (χ0n) is 36.5. The van der Waals surface area contributed by atoms with Crippen molar-refractivity contribution in [3.05, 3.63) is 72.9 Å². The third-order valence-corrected chi connectivity index (χ3v) is 10.0. The molecule has 0 aliphatic carbocycles. The van der Waals surface area contributed by atoms with Crippen LogP contribution in [0.3, 0.4) is 0 Å². The van der Waals surface area contributed by atoms with Crippen molar-refractivity contribution < 1.29 is 24.5 Å². The van der Waals surface area contributed by atoms with Gasteiger partial charge >= 0.3 is 5.97 Å². The highest BCUT2D eigenvalue weighted by molar-refractivity contribution is 5.77. The van der Waals surface area contributed by atoms with Crippen molar-refractivity contribution in [3.63, 3.8) is 0 Å². The number of hydrogen-bond donors (Lipinski definition) is 3. The molecule has 0 aromatic carbocycles. The number of ether oxygens (including phenoxy) is 1. The van der Waals surface area contributed by atoms with Gasteiger partial charge in [0.1, 0.15) is 6.10 Å². The van der Waals surface area contributed by atoms with Crippen LogP contribution in [-0.4, -0.2) is 46.9 Å². The third kappa shape index (κ3) is 38.2. The van der Waals surface area contributed by atoms with E-state index in [9.17, 15) is 19.8 Å². The molecule has 56 heavy (non-hydrogen) atoms. The molecule has 0 aromatic heterocycles. The molecule has 322 valence electrons. The van der Waals surface area contributed by atoms with Crippen molar-refractivity contribution >= 4 is 11.9 Å². The third-order valence-electron chi connectivity index (χ3n) is 10.0. The van der Waals surface area contributed by atoms with Crippen molar-refractivity contribution in [1.29, 1.82) is 0 Å². The van der Waals surface area contributed by atoms with Gasteiger partial charge in [-0.15, -0.1) is 0 Å². The predicted molar refractivity (Wildman–Crippen MR) is 241 cm³/mol. The van der Waals surface area contributed by atoms with Crippen LogP contribution in [0.15, 0.2) is 72.9 Å². The van der Waals surface area contributed by atoms with E-state index in [-0.39, 0.29) is 24.9 Å². The van der Waals surface area contributed by atoms with E-state index in [0.29, 0.717) is 19.3 Å². The maximum Gasteiger partial charge on any atom is 0.306 e. The minimum absolute atomic E-state index is 0.00922. The Bertz CT molecular complexity index is 1060. The number of hydrogen-bond acceptors (Lipinski definition) is 5. The number of unbranched alkanes of at least 4 members (excludes halogenated alkanes) is 17. The number of rotatable bonds is 40. The Kier molecular flexibility index (Phi) is 41.3. The first-order valence-corrected chi connectivity index (χ1v) is 23.2. The van der Waals surface area contributed by atoms with Crippen molar-refractivity contribution in [2.24, 2.45) is 0 Å². The highest BCUT2D eigenvalue weighted by atomic mass is 16.5. The van der Waals surface area contributed by atoms with E-state index in [1.807, 2.05) is 12.2 Å². The minimum Gasteiger partial charge on any atom is -0.461 e.